The second-order valence-corrected chi connectivity index (χ2v) is 6.51. The van der Waals surface area contributed by atoms with Gasteiger partial charge in [-0.25, -0.2) is 4.99 Å². The van der Waals surface area contributed by atoms with Crippen molar-refractivity contribution in [1.29, 1.82) is 0 Å². The first kappa shape index (κ1) is 24.0. The molecule has 0 amide bonds. The first-order chi connectivity index (χ1) is 11.5. The third kappa shape index (κ3) is 9.89. The molecule has 1 aromatic carbocycles. The van der Waals surface area contributed by atoms with Crippen LogP contribution in [0.1, 0.15) is 45.2 Å². The van der Waals surface area contributed by atoms with Crippen LogP contribution in [0, 0.1) is 12.8 Å². The number of guanidine groups is 1. The van der Waals surface area contributed by atoms with E-state index >= 15 is 0 Å². The number of ether oxygens (including phenoxy) is 1. The topological polar surface area (TPSA) is 65.9 Å². The Morgan fingerprint density at radius 3 is 2.56 bits per heavy atom. The molecule has 0 aliphatic rings. The summed E-state index contributed by atoms with van der Waals surface area (Å²) >= 11 is 0. The summed E-state index contributed by atoms with van der Waals surface area (Å²) in [6.07, 6.45) is 1.20. The van der Waals surface area contributed by atoms with Gasteiger partial charge in [0.25, 0.3) is 0 Å². The lowest BCUT2D eigenvalue weighted by molar-refractivity contribution is 0.191. The van der Waals surface area contributed by atoms with Gasteiger partial charge in [-0.15, -0.1) is 24.0 Å². The lowest BCUT2D eigenvalue weighted by atomic mass is 10.1. The normalized spacial score (nSPS) is 12.5. The second kappa shape index (κ2) is 13.2. The largest absolute Gasteiger partial charge is 0.490 e. The average molecular weight is 463 g/mol. The molecule has 0 heterocycles. The van der Waals surface area contributed by atoms with E-state index in [1.807, 2.05) is 6.92 Å². The fourth-order valence-electron chi connectivity index (χ4n) is 2.51. The number of benzene rings is 1. The molecule has 0 saturated carbocycles. The van der Waals surface area contributed by atoms with Crippen LogP contribution in [0.25, 0.3) is 0 Å². The van der Waals surface area contributed by atoms with Crippen molar-refractivity contribution in [3.8, 4) is 5.75 Å². The minimum atomic E-state index is 0. The maximum atomic E-state index is 8.95. The van der Waals surface area contributed by atoms with Crippen LogP contribution in [-0.2, 0) is 6.54 Å². The van der Waals surface area contributed by atoms with E-state index in [-0.39, 0.29) is 36.7 Å². The first-order valence-corrected chi connectivity index (χ1v) is 8.85. The van der Waals surface area contributed by atoms with Crippen molar-refractivity contribution in [1.82, 2.24) is 10.6 Å². The van der Waals surface area contributed by atoms with Crippen molar-refractivity contribution < 1.29 is 9.84 Å². The minimum Gasteiger partial charge on any atom is -0.490 e. The Labute approximate surface area is 169 Å². The van der Waals surface area contributed by atoms with E-state index in [1.165, 1.54) is 5.56 Å². The van der Waals surface area contributed by atoms with E-state index in [9.17, 15) is 0 Å². The van der Waals surface area contributed by atoms with E-state index in [0.717, 1.165) is 24.3 Å². The van der Waals surface area contributed by atoms with Gasteiger partial charge in [0.15, 0.2) is 5.96 Å². The maximum absolute atomic E-state index is 8.95. The predicted octanol–water partition coefficient (Wildman–Crippen LogP) is 3.47. The summed E-state index contributed by atoms with van der Waals surface area (Å²) < 4.78 is 6.16. The van der Waals surface area contributed by atoms with Gasteiger partial charge >= 0.3 is 0 Å². The zero-order valence-corrected chi connectivity index (χ0v) is 18.5. The summed E-state index contributed by atoms with van der Waals surface area (Å²) in [4.78, 5) is 4.58. The standard InChI is InChI=1S/C19H33N3O2.HI/c1-6-20-19(21-9-10-23)22-13-17-8-7-15(4)12-18(17)24-16(5)11-14(2)3;/h7-8,12,14,16,23H,6,9-11,13H2,1-5H3,(H2,20,21,22);1H. The van der Waals surface area contributed by atoms with E-state index in [4.69, 9.17) is 9.84 Å². The molecule has 0 spiro atoms. The fourth-order valence-corrected chi connectivity index (χ4v) is 2.51. The average Bonchev–Trinajstić information content (AvgIpc) is 2.50. The van der Waals surface area contributed by atoms with Gasteiger partial charge in [0.1, 0.15) is 5.75 Å². The maximum Gasteiger partial charge on any atom is 0.191 e. The molecule has 0 aliphatic carbocycles. The number of hydrogen-bond donors (Lipinski definition) is 3. The quantitative estimate of drug-likeness (QED) is 0.298. The molecule has 5 nitrogen and oxygen atoms in total. The molecule has 0 aliphatic heterocycles. The van der Waals surface area contributed by atoms with Crippen molar-refractivity contribution in [3.05, 3.63) is 29.3 Å². The first-order valence-electron chi connectivity index (χ1n) is 8.85. The zero-order chi connectivity index (χ0) is 17.9. The highest BCUT2D eigenvalue weighted by molar-refractivity contribution is 14.0. The fraction of sp³-hybridized carbons (Fsp3) is 0.632. The molecule has 0 bridgehead atoms. The van der Waals surface area contributed by atoms with Gasteiger partial charge in [0.05, 0.1) is 19.3 Å². The van der Waals surface area contributed by atoms with Gasteiger partial charge in [-0.3, -0.25) is 0 Å². The van der Waals surface area contributed by atoms with Gasteiger partial charge in [-0.2, -0.15) is 0 Å². The molecule has 0 radical (unpaired) electrons. The van der Waals surface area contributed by atoms with Crippen LogP contribution in [0.2, 0.25) is 0 Å². The van der Waals surface area contributed by atoms with Crippen LogP contribution >= 0.6 is 24.0 Å². The third-order valence-corrected chi connectivity index (χ3v) is 3.51. The van der Waals surface area contributed by atoms with Crippen molar-refractivity contribution in [2.75, 3.05) is 19.7 Å². The molecule has 144 valence electrons. The highest BCUT2D eigenvalue weighted by Gasteiger charge is 2.11. The Bertz CT molecular complexity index is 521. The van der Waals surface area contributed by atoms with Crippen molar-refractivity contribution in [2.45, 2.75) is 53.7 Å². The lowest BCUT2D eigenvalue weighted by Crippen LogP contribution is -2.38. The van der Waals surface area contributed by atoms with E-state index in [2.05, 4.69) is 61.5 Å². The Balaban J connectivity index is 0.00000576. The Kier molecular flexibility index (Phi) is 12.7. The molecule has 1 aromatic rings. The SMILES string of the molecule is CCNC(=NCc1ccc(C)cc1OC(C)CC(C)C)NCCO.I. The Hall–Kier alpha value is -1.02. The van der Waals surface area contributed by atoms with Crippen LogP contribution in [0.3, 0.4) is 0 Å². The van der Waals surface area contributed by atoms with Gasteiger partial charge in [0.2, 0.25) is 0 Å². The van der Waals surface area contributed by atoms with Gasteiger partial charge in [-0.1, -0.05) is 26.0 Å². The molecule has 0 saturated heterocycles. The summed E-state index contributed by atoms with van der Waals surface area (Å²) in [7, 11) is 0. The highest BCUT2D eigenvalue weighted by atomic mass is 127. The molecular weight excluding hydrogens is 429 g/mol. The molecule has 0 aromatic heterocycles. The Morgan fingerprint density at radius 1 is 1.24 bits per heavy atom. The van der Waals surface area contributed by atoms with E-state index < -0.39 is 0 Å². The number of aliphatic hydroxyl groups is 1. The van der Waals surface area contributed by atoms with Gasteiger partial charge in [-0.05, 0) is 44.7 Å². The smallest absolute Gasteiger partial charge is 0.191 e. The van der Waals surface area contributed by atoms with E-state index in [1.54, 1.807) is 0 Å². The number of rotatable bonds is 9. The van der Waals surface area contributed by atoms with Crippen LogP contribution in [0.15, 0.2) is 23.2 Å². The molecule has 0 fully saturated rings. The van der Waals surface area contributed by atoms with Crippen LogP contribution < -0.4 is 15.4 Å². The number of halogens is 1. The van der Waals surface area contributed by atoms with Crippen molar-refractivity contribution >= 4 is 29.9 Å². The van der Waals surface area contributed by atoms with Gasteiger partial charge in [0, 0.05) is 18.7 Å². The number of aryl methyl sites for hydroxylation is 1. The number of nitrogens with zero attached hydrogens (tertiary/aromatic N) is 1. The molecule has 25 heavy (non-hydrogen) atoms. The summed E-state index contributed by atoms with van der Waals surface area (Å²) in [6.45, 7) is 12.5. The lowest BCUT2D eigenvalue weighted by Gasteiger charge is -2.19. The van der Waals surface area contributed by atoms with Crippen LogP contribution in [0.4, 0.5) is 0 Å². The van der Waals surface area contributed by atoms with E-state index in [0.29, 0.717) is 25.0 Å². The predicted molar refractivity (Wildman–Crippen MR) is 116 cm³/mol. The monoisotopic (exact) mass is 463 g/mol. The van der Waals surface area contributed by atoms with Gasteiger partial charge < -0.3 is 20.5 Å². The summed E-state index contributed by atoms with van der Waals surface area (Å²) in [5, 5.41) is 15.2. The number of aliphatic imine (C=N–C) groups is 1. The zero-order valence-electron chi connectivity index (χ0n) is 16.1. The van der Waals surface area contributed by atoms with Crippen LogP contribution in [-0.4, -0.2) is 36.9 Å². The number of aliphatic hydroxyl groups excluding tert-OH is 1. The summed E-state index contributed by atoms with van der Waals surface area (Å²) in [5.74, 6) is 2.22. The Morgan fingerprint density at radius 2 is 1.96 bits per heavy atom. The number of nitrogens with one attached hydrogen (secondary N) is 2. The molecule has 1 unspecified atom stereocenters. The third-order valence-electron chi connectivity index (χ3n) is 3.51. The molecule has 1 atom stereocenters. The number of hydrogen-bond acceptors (Lipinski definition) is 3. The second-order valence-electron chi connectivity index (χ2n) is 6.51. The van der Waals surface area contributed by atoms with Crippen LogP contribution in [0.5, 0.6) is 5.75 Å². The summed E-state index contributed by atoms with van der Waals surface area (Å²) in [5.41, 5.74) is 2.25. The van der Waals surface area contributed by atoms with Crippen molar-refractivity contribution in [2.24, 2.45) is 10.9 Å². The van der Waals surface area contributed by atoms with Crippen molar-refractivity contribution in [3.63, 3.8) is 0 Å². The minimum absolute atomic E-state index is 0. The molecule has 1 rings (SSSR count). The molecule has 3 N–H and O–H groups in total. The molecular formula is C19H34IN3O2. The summed E-state index contributed by atoms with van der Waals surface area (Å²) in [6, 6.07) is 6.24. The molecule has 6 heteroatoms. The highest BCUT2D eigenvalue weighted by Crippen LogP contribution is 2.24.